The lowest BCUT2D eigenvalue weighted by Gasteiger charge is -2.25. The molecule has 1 heterocycles. The molecule has 0 aliphatic carbocycles. The van der Waals surface area contributed by atoms with Gasteiger partial charge in [0.1, 0.15) is 11.6 Å². The summed E-state index contributed by atoms with van der Waals surface area (Å²) in [6, 6.07) is 16.6. The summed E-state index contributed by atoms with van der Waals surface area (Å²) in [7, 11) is 1.27. The van der Waals surface area contributed by atoms with Gasteiger partial charge in [0.25, 0.3) is 11.7 Å². The van der Waals surface area contributed by atoms with E-state index in [-0.39, 0.29) is 16.9 Å². The Morgan fingerprint density at radius 2 is 1.63 bits per heavy atom. The van der Waals surface area contributed by atoms with E-state index in [2.05, 4.69) is 0 Å². The summed E-state index contributed by atoms with van der Waals surface area (Å²) in [6.45, 7) is 3.56. The van der Waals surface area contributed by atoms with Crippen LogP contribution in [-0.4, -0.2) is 29.9 Å². The van der Waals surface area contributed by atoms with E-state index in [0.29, 0.717) is 22.4 Å². The summed E-state index contributed by atoms with van der Waals surface area (Å²) < 4.78 is 18.6. The Hall–Kier alpha value is -4.26. The van der Waals surface area contributed by atoms with E-state index in [4.69, 9.17) is 4.74 Å². The molecule has 3 aromatic carbocycles. The number of aryl methyl sites for hydroxylation is 2. The van der Waals surface area contributed by atoms with Crippen LogP contribution in [0.1, 0.15) is 45.6 Å². The van der Waals surface area contributed by atoms with Crippen molar-refractivity contribution in [3.05, 3.63) is 106 Å². The van der Waals surface area contributed by atoms with E-state index in [0.717, 1.165) is 12.0 Å². The first kappa shape index (κ1) is 23.9. The van der Waals surface area contributed by atoms with Gasteiger partial charge in [-0.05, 0) is 72.5 Å². The quantitative estimate of drug-likeness (QED) is 0.241. The molecule has 3 aromatic rings. The predicted octanol–water partition coefficient (Wildman–Crippen LogP) is 5.11. The van der Waals surface area contributed by atoms with E-state index in [1.54, 1.807) is 19.1 Å². The molecule has 1 saturated heterocycles. The van der Waals surface area contributed by atoms with Gasteiger partial charge in [-0.25, -0.2) is 9.18 Å². The molecular weight excluding hydrogens is 449 g/mol. The van der Waals surface area contributed by atoms with Crippen molar-refractivity contribution in [2.24, 2.45) is 0 Å². The van der Waals surface area contributed by atoms with Gasteiger partial charge < -0.3 is 9.84 Å². The third-order valence-electron chi connectivity index (χ3n) is 6.15. The Balaban J connectivity index is 1.90. The first-order valence-corrected chi connectivity index (χ1v) is 11.1. The number of nitrogens with zero attached hydrogens (tertiary/aromatic N) is 1. The molecule has 1 aliphatic rings. The van der Waals surface area contributed by atoms with Crippen molar-refractivity contribution in [2.45, 2.75) is 26.3 Å². The lowest BCUT2D eigenvalue weighted by atomic mass is 9.94. The molecule has 4 rings (SSSR count). The Kier molecular flexibility index (Phi) is 6.51. The van der Waals surface area contributed by atoms with Gasteiger partial charge in [0.05, 0.1) is 24.3 Å². The highest BCUT2D eigenvalue weighted by atomic mass is 19.1. The van der Waals surface area contributed by atoms with Gasteiger partial charge in [-0.3, -0.25) is 14.5 Å². The number of rotatable bonds is 5. The molecule has 0 bridgehead atoms. The second-order valence-electron chi connectivity index (χ2n) is 8.27. The maximum Gasteiger partial charge on any atom is 0.337 e. The number of esters is 1. The number of benzene rings is 3. The number of Topliss-reactive ketones (excluding diaryl/α,β-unsaturated/α-hetero) is 1. The van der Waals surface area contributed by atoms with Crippen LogP contribution >= 0.6 is 0 Å². The van der Waals surface area contributed by atoms with Crippen molar-refractivity contribution in [3.8, 4) is 0 Å². The van der Waals surface area contributed by atoms with Crippen molar-refractivity contribution in [1.82, 2.24) is 0 Å². The summed E-state index contributed by atoms with van der Waals surface area (Å²) in [5, 5.41) is 11.2. The number of anilines is 1. The van der Waals surface area contributed by atoms with E-state index < -0.39 is 29.5 Å². The zero-order chi connectivity index (χ0) is 25.3. The number of aliphatic hydroxyl groups excluding tert-OH is 1. The van der Waals surface area contributed by atoms with Crippen LogP contribution in [0.5, 0.6) is 0 Å². The second-order valence-corrected chi connectivity index (χ2v) is 8.27. The number of ether oxygens (including phenoxy) is 1. The Labute approximate surface area is 202 Å². The molecule has 1 aliphatic heterocycles. The molecule has 1 amide bonds. The molecule has 0 radical (unpaired) electrons. The Morgan fingerprint density at radius 3 is 2.20 bits per heavy atom. The third-order valence-corrected chi connectivity index (χ3v) is 6.15. The molecule has 1 N–H and O–H groups in total. The lowest BCUT2D eigenvalue weighted by molar-refractivity contribution is -0.132. The lowest BCUT2D eigenvalue weighted by Crippen LogP contribution is -2.29. The molecular formula is C28H24FNO5. The zero-order valence-electron chi connectivity index (χ0n) is 19.5. The first-order valence-electron chi connectivity index (χ1n) is 11.1. The van der Waals surface area contributed by atoms with Crippen LogP contribution < -0.4 is 4.90 Å². The fraction of sp³-hybridized carbons (Fsp3) is 0.179. The maximum absolute atomic E-state index is 13.8. The molecule has 178 valence electrons. The second kappa shape index (κ2) is 9.54. The van der Waals surface area contributed by atoms with E-state index in [9.17, 15) is 23.9 Å². The molecule has 1 atom stereocenters. The minimum atomic E-state index is -0.921. The van der Waals surface area contributed by atoms with E-state index in [1.165, 1.54) is 42.3 Å². The van der Waals surface area contributed by atoms with E-state index >= 15 is 0 Å². The van der Waals surface area contributed by atoms with Crippen molar-refractivity contribution in [1.29, 1.82) is 0 Å². The van der Waals surface area contributed by atoms with E-state index in [1.807, 2.05) is 31.2 Å². The van der Waals surface area contributed by atoms with Crippen LogP contribution in [0.3, 0.4) is 0 Å². The number of ketones is 1. The van der Waals surface area contributed by atoms with Crippen molar-refractivity contribution in [2.75, 3.05) is 12.0 Å². The molecule has 0 spiro atoms. The minimum Gasteiger partial charge on any atom is -0.507 e. The van der Waals surface area contributed by atoms with Gasteiger partial charge in [-0.15, -0.1) is 0 Å². The number of amides is 1. The summed E-state index contributed by atoms with van der Waals surface area (Å²) >= 11 is 0. The molecule has 1 fully saturated rings. The van der Waals surface area contributed by atoms with Gasteiger partial charge >= 0.3 is 5.97 Å². The summed E-state index contributed by atoms with van der Waals surface area (Å²) in [6.07, 6.45) is 0.810. The molecule has 0 aromatic heterocycles. The zero-order valence-corrected chi connectivity index (χ0v) is 19.5. The maximum atomic E-state index is 13.8. The highest BCUT2D eigenvalue weighted by Crippen LogP contribution is 2.42. The monoisotopic (exact) mass is 473 g/mol. The van der Waals surface area contributed by atoms with Crippen LogP contribution in [0, 0.1) is 12.7 Å². The van der Waals surface area contributed by atoms with Crippen molar-refractivity contribution < 1.29 is 28.6 Å². The SMILES string of the molecule is CCc1ccc(C2/C(=C(/O)c3ccc(F)c(C)c3)C(=O)C(=O)N2c2ccc(C(=O)OC)cc2)cc1. The topological polar surface area (TPSA) is 83.9 Å². The van der Waals surface area contributed by atoms with Gasteiger partial charge in [0.15, 0.2) is 0 Å². The van der Waals surface area contributed by atoms with Gasteiger partial charge in [-0.1, -0.05) is 31.2 Å². The average Bonchev–Trinajstić information content (AvgIpc) is 3.15. The molecule has 0 saturated carbocycles. The number of hydrogen-bond acceptors (Lipinski definition) is 5. The predicted molar refractivity (Wildman–Crippen MR) is 130 cm³/mol. The number of halogens is 1. The number of carbonyl (C=O) groups excluding carboxylic acids is 3. The first-order chi connectivity index (χ1) is 16.8. The van der Waals surface area contributed by atoms with Crippen LogP contribution in [0.2, 0.25) is 0 Å². The molecule has 6 nitrogen and oxygen atoms in total. The van der Waals surface area contributed by atoms with Gasteiger partial charge in [0, 0.05) is 11.3 Å². The van der Waals surface area contributed by atoms with Crippen LogP contribution in [0.4, 0.5) is 10.1 Å². The Bertz CT molecular complexity index is 1340. The average molecular weight is 474 g/mol. The van der Waals surface area contributed by atoms with Gasteiger partial charge in [0.2, 0.25) is 0 Å². The number of carbonyl (C=O) groups is 3. The number of hydrogen-bond donors (Lipinski definition) is 1. The number of aliphatic hydroxyl groups is 1. The standard InChI is InChI=1S/C28H24FNO5/c1-4-17-5-7-18(8-6-17)24-23(25(31)20-11-14-22(29)16(2)15-20)26(32)27(33)30(24)21-12-9-19(10-13-21)28(34)35-3/h5-15,24,31H,4H2,1-3H3/b25-23-. The molecule has 1 unspecified atom stereocenters. The smallest absolute Gasteiger partial charge is 0.337 e. The van der Waals surface area contributed by atoms with Crippen molar-refractivity contribution >= 4 is 29.1 Å². The van der Waals surface area contributed by atoms with Crippen molar-refractivity contribution in [3.63, 3.8) is 0 Å². The normalized spacial score (nSPS) is 17.0. The highest BCUT2D eigenvalue weighted by Gasteiger charge is 2.47. The van der Waals surface area contributed by atoms with Crippen LogP contribution in [0.25, 0.3) is 5.76 Å². The molecule has 35 heavy (non-hydrogen) atoms. The Morgan fingerprint density at radius 1 is 1.00 bits per heavy atom. The largest absolute Gasteiger partial charge is 0.507 e. The van der Waals surface area contributed by atoms with Crippen LogP contribution in [0.15, 0.2) is 72.3 Å². The minimum absolute atomic E-state index is 0.0951. The van der Waals surface area contributed by atoms with Gasteiger partial charge in [-0.2, -0.15) is 0 Å². The molecule has 7 heteroatoms. The number of methoxy groups -OCH3 is 1. The fourth-order valence-corrected chi connectivity index (χ4v) is 4.17. The fourth-order valence-electron chi connectivity index (χ4n) is 4.17. The summed E-state index contributed by atoms with van der Waals surface area (Å²) in [4.78, 5) is 39.6. The summed E-state index contributed by atoms with van der Waals surface area (Å²) in [5.74, 6) is -3.03. The highest BCUT2D eigenvalue weighted by molar-refractivity contribution is 6.51. The van der Waals surface area contributed by atoms with Crippen LogP contribution in [-0.2, 0) is 20.7 Å². The third kappa shape index (κ3) is 4.33. The summed E-state index contributed by atoms with van der Waals surface area (Å²) in [5.41, 5.74) is 2.80.